The fourth-order valence-electron chi connectivity index (χ4n) is 4.30. The highest BCUT2D eigenvalue weighted by Crippen LogP contribution is 2.38. The van der Waals surface area contributed by atoms with E-state index >= 15 is 0 Å². The third-order valence-corrected chi connectivity index (χ3v) is 5.85. The molecule has 10 heteroatoms. The number of amides is 2. The molecule has 3 rings (SSSR count). The van der Waals surface area contributed by atoms with Gasteiger partial charge in [-0.25, -0.2) is 14.4 Å². The average molecular weight is 458 g/mol. The van der Waals surface area contributed by atoms with Crippen LogP contribution in [0.2, 0.25) is 0 Å². The molecule has 2 aliphatic rings. The molecule has 1 aromatic rings. The number of allylic oxidation sites excluding steroid dienone is 2. The van der Waals surface area contributed by atoms with Crippen LogP contribution in [-0.4, -0.2) is 72.4 Å². The van der Waals surface area contributed by atoms with Gasteiger partial charge >= 0.3 is 18.0 Å². The Morgan fingerprint density at radius 1 is 1.06 bits per heavy atom. The monoisotopic (exact) mass is 457 g/mol. The topological polar surface area (TPSA) is 143 Å². The van der Waals surface area contributed by atoms with E-state index in [0.29, 0.717) is 29.2 Å². The molecular weight excluding hydrogens is 426 g/mol. The first kappa shape index (κ1) is 24.3. The number of dihydropyridines is 1. The van der Waals surface area contributed by atoms with Crippen LogP contribution < -0.4 is 21.3 Å². The zero-order chi connectivity index (χ0) is 24.0. The molecule has 2 heterocycles. The van der Waals surface area contributed by atoms with Crippen molar-refractivity contribution >= 4 is 23.7 Å². The molecular formula is C23H31N5O5. The van der Waals surface area contributed by atoms with Gasteiger partial charge in [-0.05, 0) is 44.5 Å². The fourth-order valence-corrected chi connectivity index (χ4v) is 4.30. The number of carboxylic acids is 2. The lowest BCUT2D eigenvalue weighted by Crippen LogP contribution is -2.44. The summed E-state index contributed by atoms with van der Waals surface area (Å²) < 4.78 is 0. The lowest BCUT2D eigenvalue weighted by atomic mass is 9.80. The maximum absolute atomic E-state index is 12.3. The Labute approximate surface area is 192 Å². The van der Waals surface area contributed by atoms with E-state index in [2.05, 4.69) is 26.2 Å². The summed E-state index contributed by atoms with van der Waals surface area (Å²) in [6.07, 6.45) is 0.834. The van der Waals surface area contributed by atoms with Gasteiger partial charge < -0.3 is 36.4 Å². The molecule has 2 aliphatic heterocycles. The minimum absolute atomic E-state index is 0.0347. The highest BCUT2D eigenvalue weighted by atomic mass is 16.4. The zero-order valence-corrected chi connectivity index (χ0v) is 18.9. The number of urea groups is 1. The van der Waals surface area contributed by atoms with Crippen LogP contribution in [0.4, 0.5) is 10.5 Å². The summed E-state index contributed by atoms with van der Waals surface area (Å²) >= 11 is 0. The Kier molecular flexibility index (Phi) is 8.07. The Bertz CT molecular complexity index is 945. The fraction of sp³-hybridized carbons (Fsp3) is 0.435. The number of benzene rings is 1. The van der Waals surface area contributed by atoms with Crippen molar-refractivity contribution in [1.29, 1.82) is 0 Å². The molecule has 10 nitrogen and oxygen atoms in total. The largest absolute Gasteiger partial charge is 0.478 e. The summed E-state index contributed by atoms with van der Waals surface area (Å²) in [4.78, 5) is 38.6. The summed E-state index contributed by atoms with van der Waals surface area (Å²) in [7, 11) is 0. The summed E-state index contributed by atoms with van der Waals surface area (Å²) in [6.45, 7) is 8.64. The number of carbonyl (C=O) groups is 3. The minimum Gasteiger partial charge on any atom is -0.478 e. The van der Waals surface area contributed by atoms with E-state index in [1.54, 1.807) is 38.1 Å². The third-order valence-electron chi connectivity index (χ3n) is 5.85. The lowest BCUT2D eigenvalue weighted by molar-refractivity contribution is -0.133. The molecule has 0 atom stereocenters. The number of rotatable bonds is 8. The molecule has 0 bridgehead atoms. The van der Waals surface area contributed by atoms with Crippen molar-refractivity contribution in [3.05, 3.63) is 52.4 Å². The maximum Gasteiger partial charge on any atom is 0.334 e. The molecule has 1 fully saturated rings. The van der Waals surface area contributed by atoms with Gasteiger partial charge in [-0.1, -0.05) is 12.1 Å². The maximum atomic E-state index is 12.3. The third kappa shape index (κ3) is 6.11. The van der Waals surface area contributed by atoms with Gasteiger partial charge in [0.25, 0.3) is 0 Å². The average Bonchev–Trinajstić information content (AvgIpc) is 2.76. The second-order valence-corrected chi connectivity index (χ2v) is 8.20. The van der Waals surface area contributed by atoms with Crippen LogP contribution >= 0.6 is 0 Å². The summed E-state index contributed by atoms with van der Waals surface area (Å²) in [5, 5.41) is 31.3. The van der Waals surface area contributed by atoms with E-state index in [9.17, 15) is 24.6 Å². The van der Waals surface area contributed by atoms with Crippen LogP contribution in [0.3, 0.4) is 0 Å². The second kappa shape index (κ2) is 11.0. The quantitative estimate of drug-likeness (QED) is 0.323. The van der Waals surface area contributed by atoms with Crippen LogP contribution in [-0.2, 0) is 9.59 Å². The standard InChI is InChI=1S/C23H31N5O5/c1-14-18(21(29)30)20(19(22(31)32)15(2)26-14)16-5-3-6-17(13-16)27-23(33)25-7-4-10-28-11-8-24-9-12-28/h3,5-6,13,20,24,26H,4,7-12H2,1-2H3,(H,29,30)(H,31,32)(H2,25,27,33). The predicted octanol–water partition coefficient (Wildman–Crippen LogP) is 1.51. The normalized spacial score (nSPS) is 17.5. The Balaban J connectivity index is 1.68. The highest BCUT2D eigenvalue weighted by molar-refractivity contribution is 5.98. The van der Waals surface area contributed by atoms with Gasteiger partial charge in [0.1, 0.15) is 0 Å². The van der Waals surface area contributed by atoms with Gasteiger partial charge in [0.05, 0.1) is 17.1 Å². The van der Waals surface area contributed by atoms with E-state index in [1.165, 1.54) is 0 Å². The van der Waals surface area contributed by atoms with Crippen molar-refractivity contribution in [3.63, 3.8) is 0 Å². The van der Waals surface area contributed by atoms with Gasteiger partial charge in [0, 0.05) is 49.8 Å². The SMILES string of the molecule is CC1=C(C(=O)O)C(c2cccc(NC(=O)NCCCN3CCNCC3)c2)C(C(=O)O)=C(C)N1. The Morgan fingerprint density at radius 3 is 2.30 bits per heavy atom. The molecule has 0 radical (unpaired) electrons. The molecule has 0 aliphatic carbocycles. The highest BCUT2D eigenvalue weighted by Gasteiger charge is 2.36. The first-order valence-corrected chi connectivity index (χ1v) is 11.0. The van der Waals surface area contributed by atoms with Gasteiger partial charge in [-0.2, -0.15) is 0 Å². The van der Waals surface area contributed by atoms with E-state index in [-0.39, 0.29) is 17.2 Å². The van der Waals surface area contributed by atoms with E-state index in [4.69, 9.17) is 0 Å². The van der Waals surface area contributed by atoms with Crippen LogP contribution in [0.1, 0.15) is 31.7 Å². The van der Waals surface area contributed by atoms with Crippen molar-refractivity contribution < 1.29 is 24.6 Å². The van der Waals surface area contributed by atoms with Crippen molar-refractivity contribution in [3.8, 4) is 0 Å². The van der Waals surface area contributed by atoms with Gasteiger partial charge in [-0.3, -0.25) is 0 Å². The zero-order valence-electron chi connectivity index (χ0n) is 18.9. The molecule has 0 aromatic heterocycles. The number of hydrogen-bond acceptors (Lipinski definition) is 6. The van der Waals surface area contributed by atoms with Crippen molar-refractivity contribution in [2.24, 2.45) is 0 Å². The number of carboxylic acid groups (broad SMARTS) is 2. The number of hydrogen-bond donors (Lipinski definition) is 6. The first-order chi connectivity index (χ1) is 15.8. The smallest absolute Gasteiger partial charge is 0.334 e. The van der Waals surface area contributed by atoms with Crippen molar-refractivity contribution in [1.82, 2.24) is 20.9 Å². The minimum atomic E-state index is -1.20. The molecule has 0 spiro atoms. The number of nitrogens with zero attached hydrogens (tertiary/aromatic N) is 1. The number of anilines is 1. The molecule has 6 N–H and O–H groups in total. The van der Waals surface area contributed by atoms with E-state index in [0.717, 1.165) is 39.1 Å². The van der Waals surface area contributed by atoms with Crippen LogP contribution in [0.15, 0.2) is 46.8 Å². The molecule has 1 aromatic carbocycles. The van der Waals surface area contributed by atoms with Gasteiger partial charge in [0.15, 0.2) is 0 Å². The molecule has 0 saturated carbocycles. The van der Waals surface area contributed by atoms with Gasteiger partial charge in [0.2, 0.25) is 0 Å². The van der Waals surface area contributed by atoms with Gasteiger partial charge in [-0.15, -0.1) is 0 Å². The Hall–Kier alpha value is -3.37. The summed E-state index contributed by atoms with van der Waals surface area (Å²) in [5.74, 6) is -3.36. The van der Waals surface area contributed by atoms with Crippen molar-refractivity contribution in [2.75, 3.05) is 44.6 Å². The molecule has 33 heavy (non-hydrogen) atoms. The molecule has 2 amide bonds. The molecule has 178 valence electrons. The van der Waals surface area contributed by atoms with E-state index in [1.807, 2.05) is 0 Å². The van der Waals surface area contributed by atoms with E-state index < -0.39 is 17.9 Å². The van der Waals surface area contributed by atoms with Crippen LogP contribution in [0, 0.1) is 0 Å². The Morgan fingerprint density at radius 2 is 1.70 bits per heavy atom. The van der Waals surface area contributed by atoms with Crippen LogP contribution in [0.25, 0.3) is 0 Å². The number of carbonyl (C=O) groups excluding carboxylic acids is 1. The number of piperazine rings is 1. The number of nitrogens with one attached hydrogen (secondary N) is 4. The lowest BCUT2D eigenvalue weighted by Gasteiger charge is -2.29. The number of aliphatic carboxylic acids is 2. The molecule has 0 unspecified atom stereocenters. The second-order valence-electron chi connectivity index (χ2n) is 8.20. The summed E-state index contributed by atoms with van der Waals surface area (Å²) in [6, 6.07) is 6.26. The predicted molar refractivity (Wildman–Crippen MR) is 124 cm³/mol. The first-order valence-electron chi connectivity index (χ1n) is 11.0. The molecule has 1 saturated heterocycles. The van der Waals surface area contributed by atoms with Crippen molar-refractivity contribution in [2.45, 2.75) is 26.2 Å². The summed E-state index contributed by atoms with van der Waals surface area (Å²) in [5.41, 5.74) is 1.63. The van der Waals surface area contributed by atoms with Crippen LogP contribution in [0.5, 0.6) is 0 Å².